The molecule has 0 spiro atoms. The van der Waals surface area contributed by atoms with Gasteiger partial charge >= 0.3 is 0 Å². The van der Waals surface area contributed by atoms with Gasteiger partial charge in [-0.3, -0.25) is 0 Å². The zero-order valence-electron chi connectivity index (χ0n) is 9.81. The van der Waals surface area contributed by atoms with Gasteiger partial charge in [-0.15, -0.1) is 0 Å². The highest BCUT2D eigenvalue weighted by molar-refractivity contribution is 5.27. The van der Waals surface area contributed by atoms with Crippen LogP contribution in [0.25, 0.3) is 0 Å². The van der Waals surface area contributed by atoms with E-state index in [0.29, 0.717) is 5.92 Å². The highest BCUT2D eigenvalue weighted by atomic mass is 16.5. The number of aryl methyl sites for hydroxylation is 1. The van der Waals surface area contributed by atoms with E-state index in [1.54, 1.807) is 13.2 Å². The molecular weight excluding hydrogens is 198 g/mol. The number of allylic oxidation sites excluding steroid dienone is 2. The van der Waals surface area contributed by atoms with Crippen LogP contribution in [0.5, 0.6) is 5.75 Å². The Hall–Kier alpha value is -1.75. The average molecular weight is 215 g/mol. The summed E-state index contributed by atoms with van der Waals surface area (Å²) in [5.74, 6) is 1.34. The highest BCUT2D eigenvalue weighted by Gasteiger charge is 1.99. The fraction of sp³-hybridized carbons (Fsp3) is 0.357. The maximum atomic E-state index is 8.41. The molecular formula is C14H17NO. The van der Waals surface area contributed by atoms with E-state index in [0.717, 1.165) is 18.6 Å². The maximum absolute atomic E-state index is 8.41. The molecule has 2 nitrogen and oxygen atoms in total. The van der Waals surface area contributed by atoms with Crippen LogP contribution in [0.3, 0.4) is 0 Å². The zero-order chi connectivity index (χ0) is 11.8. The second kappa shape index (κ2) is 6.68. The van der Waals surface area contributed by atoms with E-state index in [1.165, 1.54) is 5.56 Å². The monoisotopic (exact) mass is 215 g/mol. The van der Waals surface area contributed by atoms with Gasteiger partial charge in [0.1, 0.15) is 5.75 Å². The van der Waals surface area contributed by atoms with E-state index in [9.17, 15) is 0 Å². The van der Waals surface area contributed by atoms with Gasteiger partial charge in [0.25, 0.3) is 0 Å². The molecule has 0 amide bonds. The Labute approximate surface area is 97.2 Å². The molecule has 1 atom stereocenters. The summed E-state index contributed by atoms with van der Waals surface area (Å²) in [6.07, 6.45) is 5.59. The van der Waals surface area contributed by atoms with Crippen LogP contribution < -0.4 is 4.74 Å². The molecule has 1 aromatic carbocycles. The summed E-state index contributed by atoms with van der Waals surface area (Å²) in [5.41, 5.74) is 1.30. The summed E-state index contributed by atoms with van der Waals surface area (Å²) < 4.78 is 5.10. The summed E-state index contributed by atoms with van der Waals surface area (Å²) in [6.45, 7) is 2.12. The van der Waals surface area contributed by atoms with Crippen molar-refractivity contribution in [2.24, 2.45) is 5.92 Å². The Bertz CT molecular complexity index is 373. The van der Waals surface area contributed by atoms with Crippen LogP contribution in [0.2, 0.25) is 0 Å². The predicted molar refractivity (Wildman–Crippen MR) is 65.2 cm³/mol. The number of nitriles is 1. The standard InChI is InChI=1S/C14H17NO/c1-12(4-3-11-15)5-6-13-7-9-14(16-2)10-8-13/h3-4,7-10,12H,5-6H2,1-2H3/b4-3-. The first-order valence-corrected chi connectivity index (χ1v) is 5.45. The molecule has 0 aliphatic rings. The molecule has 0 bridgehead atoms. The fourth-order valence-corrected chi connectivity index (χ4v) is 1.49. The molecule has 0 saturated carbocycles. The van der Waals surface area contributed by atoms with Gasteiger partial charge in [-0.25, -0.2) is 0 Å². The van der Waals surface area contributed by atoms with Crippen molar-refractivity contribution in [3.8, 4) is 11.8 Å². The lowest BCUT2D eigenvalue weighted by Crippen LogP contribution is -1.94. The summed E-state index contributed by atoms with van der Waals surface area (Å²) >= 11 is 0. The average Bonchev–Trinajstić information content (AvgIpc) is 2.34. The summed E-state index contributed by atoms with van der Waals surface area (Å²) in [6, 6.07) is 10.1. The molecule has 0 aliphatic heterocycles. The molecule has 0 heterocycles. The summed E-state index contributed by atoms with van der Waals surface area (Å²) in [4.78, 5) is 0. The second-order valence-electron chi connectivity index (χ2n) is 3.85. The number of ether oxygens (including phenoxy) is 1. The minimum Gasteiger partial charge on any atom is -0.497 e. The largest absolute Gasteiger partial charge is 0.497 e. The fourth-order valence-electron chi connectivity index (χ4n) is 1.49. The van der Waals surface area contributed by atoms with Gasteiger partial charge in [0.2, 0.25) is 0 Å². The van der Waals surface area contributed by atoms with E-state index in [4.69, 9.17) is 10.00 Å². The Kier molecular flexibility index (Phi) is 5.15. The van der Waals surface area contributed by atoms with Crippen LogP contribution in [-0.4, -0.2) is 7.11 Å². The highest BCUT2D eigenvalue weighted by Crippen LogP contribution is 2.15. The quantitative estimate of drug-likeness (QED) is 0.706. The number of methoxy groups -OCH3 is 1. The normalized spacial score (nSPS) is 12.3. The van der Waals surface area contributed by atoms with E-state index in [-0.39, 0.29) is 0 Å². The lowest BCUT2D eigenvalue weighted by molar-refractivity contribution is 0.414. The number of benzene rings is 1. The SMILES string of the molecule is COc1ccc(CCC(C)/C=C\C#N)cc1. The molecule has 16 heavy (non-hydrogen) atoms. The second-order valence-corrected chi connectivity index (χ2v) is 3.85. The van der Waals surface area contributed by atoms with Crippen LogP contribution in [0.4, 0.5) is 0 Å². The van der Waals surface area contributed by atoms with Crippen molar-refractivity contribution in [3.63, 3.8) is 0 Å². The van der Waals surface area contributed by atoms with Gasteiger partial charge < -0.3 is 4.74 Å². The molecule has 0 radical (unpaired) electrons. The van der Waals surface area contributed by atoms with Crippen molar-refractivity contribution in [1.82, 2.24) is 0 Å². The molecule has 1 rings (SSSR count). The van der Waals surface area contributed by atoms with Gasteiger partial charge in [0.15, 0.2) is 0 Å². The van der Waals surface area contributed by atoms with Crippen LogP contribution in [0.15, 0.2) is 36.4 Å². The van der Waals surface area contributed by atoms with E-state index in [2.05, 4.69) is 19.1 Å². The van der Waals surface area contributed by atoms with Crippen molar-refractivity contribution in [3.05, 3.63) is 42.0 Å². The van der Waals surface area contributed by atoms with Crippen molar-refractivity contribution < 1.29 is 4.74 Å². The first kappa shape index (κ1) is 12.3. The minimum absolute atomic E-state index is 0.446. The van der Waals surface area contributed by atoms with Crippen LogP contribution in [-0.2, 0) is 6.42 Å². The molecule has 0 aliphatic carbocycles. The Morgan fingerprint density at radius 3 is 2.62 bits per heavy atom. The first-order chi connectivity index (χ1) is 7.76. The predicted octanol–water partition coefficient (Wildman–Crippen LogP) is 3.34. The number of hydrogen-bond acceptors (Lipinski definition) is 2. The van der Waals surface area contributed by atoms with Crippen molar-refractivity contribution in [2.75, 3.05) is 7.11 Å². The van der Waals surface area contributed by atoms with Crippen LogP contribution in [0, 0.1) is 17.2 Å². The van der Waals surface area contributed by atoms with E-state index >= 15 is 0 Å². The third-order valence-electron chi connectivity index (χ3n) is 2.55. The van der Waals surface area contributed by atoms with Crippen molar-refractivity contribution in [2.45, 2.75) is 19.8 Å². The molecule has 2 heteroatoms. The molecule has 0 saturated heterocycles. The van der Waals surface area contributed by atoms with Gasteiger partial charge in [0, 0.05) is 6.08 Å². The van der Waals surface area contributed by atoms with Crippen molar-refractivity contribution in [1.29, 1.82) is 5.26 Å². The third-order valence-corrected chi connectivity index (χ3v) is 2.55. The van der Waals surface area contributed by atoms with Crippen LogP contribution >= 0.6 is 0 Å². The Balaban J connectivity index is 2.42. The number of nitrogens with zero attached hydrogens (tertiary/aromatic N) is 1. The smallest absolute Gasteiger partial charge is 0.118 e. The van der Waals surface area contributed by atoms with E-state index in [1.807, 2.05) is 24.3 Å². The van der Waals surface area contributed by atoms with Crippen molar-refractivity contribution >= 4 is 0 Å². The Morgan fingerprint density at radius 1 is 1.38 bits per heavy atom. The lowest BCUT2D eigenvalue weighted by atomic mass is 10.0. The minimum atomic E-state index is 0.446. The van der Waals surface area contributed by atoms with Gasteiger partial charge in [0.05, 0.1) is 13.2 Å². The van der Waals surface area contributed by atoms with E-state index < -0.39 is 0 Å². The Morgan fingerprint density at radius 2 is 2.06 bits per heavy atom. The summed E-state index contributed by atoms with van der Waals surface area (Å²) in [7, 11) is 1.67. The topological polar surface area (TPSA) is 33.0 Å². The molecule has 1 aromatic rings. The summed E-state index contributed by atoms with van der Waals surface area (Å²) in [5, 5.41) is 8.41. The maximum Gasteiger partial charge on any atom is 0.118 e. The van der Waals surface area contributed by atoms with Gasteiger partial charge in [-0.2, -0.15) is 5.26 Å². The third kappa shape index (κ3) is 4.18. The lowest BCUT2D eigenvalue weighted by Gasteiger charge is -2.06. The zero-order valence-corrected chi connectivity index (χ0v) is 9.81. The number of rotatable bonds is 5. The number of hydrogen-bond donors (Lipinski definition) is 0. The molecule has 0 fully saturated rings. The molecule has 1 unspecified atom stereocenters. The van der Waals surface area contributed by atoms with Gasteiger partial charge in [-0.1, -0.05) is 25.1 Å². The van der Waals surface area contributed by atoms with Gasteiger partial charge in [-0.05, 0) is 36.5 Å². The molecule has 0 N–H and O–H groups in total. The molecule has 84 valence electrons. The van der Waals surface area contributed by atoms with Crippen LogP contribution in [0.1, 0.15) is 18.9 Å². The molecule has 0 aromatic heterocycles. The first-order valence-electron chi connectivity index (χ1n) is 5.45.